The van der Waals surface area contributed by atoms with E-state index in [0.29, 0.717) is 29.3 Å². The minimum Gasteiger partial charge on any atom is -0.394 e. The third-order valence-electron chi connectivity index (χ3n) is 13.9. The number of hydrogen-bond donors (Lipinski definition) is 13. The molecule has 0 saturated carbocycles. The minimum atomic E-state index is -1.82. The first-order valence-corrected chi connectivity index (χ1v) is 25.3. The van der Waals surface area contributed by atoms with E-state index in [1.54, 1.807) is 58.2 Å². The Hall–Kier alpha value is -7.19. The van der Waals surface area contributed by atoms with Gasteiger partial charge < -0.3 is 78.4 Å². The van der Waals surface area contributed by atoms with Crippen molar-refractivity contribution in [3.05, 3.63) is 36.0 Å². The predicted octanol–water partition coefficient (Wildman–Crippen LogP) is -4.45. The summed E-state index contributed by atoms with van der Waals surface area (Å²) in [5, 5.41) is 52.1. The van der Waals surface area contributed by atoms with Crippen LogP contribution in [0.3, 0.4) is 0 Å². The molecule has 0 radical (unpaired) electrons. The van der Waals surface area contributed by atoms with Gasteiger partial charge >= 0.3 is 0 Å². The van der Waals surface area contributed by atoms with Crippen LogP contribution in [0.25, 0.3) is 10.9 Å². The molecule has 0 unspecified atom stereocenters. The lowest BCUT2D eigenvalue weighted by Crippen LogP contribution is -2.63. The van der Waals surface area contributed by atoms with E-state index >= 15 is 0 Å². The molecular weight excluding hydrogens is 981 g/mol. The Morgan fingerprint density at radius 1 is 0.653 bits per heavy atom. The van der Waals surface area contributed by atoms with Crippen LogP contribution in [0.1, 0.15) is 85.1 Å². The van der Waals surface area contributed by atoms with Gasteiger partial charge in [-0.25, -0.2) is 0 Å². The van der Waals surface area contributed by atoms with Crippen molar-refractivity contribution in [1.82, 2.24) is 57.3 Å². The zero-order valence-electron chi connectivity index (χ0n) is 42.8. The van der Waals surface area contributed by atoms with E-state index in [4.69, 9.17) is 5.73 Å². The van der Waals surface area contributed by atoms with Crippen molar-refractivity contribution in [2.24, 2.45) is 17.6 Å². The number of carbonyl (C=O) groups excluding carboxylic acids is 11. The molecule has 11 amide bonds. The van der Waals surface area contributed by atoms with E-state index in [2.05, 4.69) is 47.5 Å². The smallest absolute Gasteiger partial charge is 0.248 e. The largest absolute Gasteiger partial charge is 0.394 e. The molecule has 5 rings (SSSR count). The molecule has 75 heavy (non-hydrogen) atoms. The molecule has 3 saturated heterocycles. The van der Waals surface area contributed by atoms with E-state index in [1.165, 1.54) is 16.7 Å². The summed E-state index contributed by atoms with van der Waals surface area (Å²) in [4.78, 5) is 157. The molecule has 4 heterocycles. The Kier molecular flexibility index (Phi) is 21.0. The number of nitrogens with zero attached hydrogens (tertiary/aromatic N) is 2. The molecule has 3 aliphatic heterocycles. The third kappa shape index (κ3) is 15.0. The van der Waals surface area contributed by atoms with Crippen molar-refractivity contribution >= 4 is 75.9 Å². The fourth-order valence-electron chi connectivity index (χ4n) is 9.35. The number of amides is 11. The Labute approximate surface area is 433 Å². The second-order valence-corrected chi connectivity index (χ2v) is 19.7. The summed E-state index contributed by atoms with van der Waals surface area (Å²) in [6, 6.07) is -6.02. The van der Waals surface area contributed by atoms with E-state index in [-0.39, 0.29) is 38.8 Å². The number of rotatable bonds is 11. The Morgan fingerprint density at radius 2 is 1.20 bits per heavy atom. The van der Waals surface area contributed by atoms with Crippen LogP contribution in [-0.2, 0) is 59.2 Å². The van der Waals surface area contributed by atoms with Gasteiger partial charge in [-0.05, 0) is 62.5 Å². The summed E-state index contributed by atoms with van der Waals surface area (Å²) in [6.07, 6.45) is 0.255. The SMILES string of the molecule is CC[C@H](C)[C@@H]1NC(=O)[C@H](CCC(N)=O)NC(=O)[C@H](CO)NC(=O)[C@H]([C@@H](C)O)NC(=O)[C@@H]2CCCN2C(=O)[C@H](C(C)C)NC(=O)[C@@H]2CCCN2C(=O)[C@H](CO)NC(=O)CNC(=O)[C@H](Cc2c[nH]c3ccccc23)NC1=O. The van der Waals surface area contributed by atoms with E-state index in [9.17, 15) is 68.1 Å². The Morgan fingerprint density at radius 3 is 1.79 bits per heavy atom. The molecule has 0 spiro atoms. The van der Waals surface area contributed by atoms with E-state index < -0.39 is 170 Å². The number of para-hydroxylation sites is 1. The lowest BCUT2D eigenvalue weighted by molar-refractivity contribution is -0.146. The van der Waals surface area contributed by atoms with Gasteiger partial charge in [-0.1, -0.05) is 52.3 Å². The maximum atomic E-state index is 14.4. The van der Waals surface area contributed by atoms with Gasteiger partial charge in [0.25, 0.3) is 0 Å². The molecule has 412 valence electrons. The van der Waals surface area contributed by atoms with Gasteiger partial charge in [-0.15, -0.1) is 0 Å². The van der Waals surface area contributed by atoms with Gasteiger partial charge in [-0.2, -0.15) is 0 Å². The minimum absolute atomic E-state index is 0.0534. The van der Waals surface area contributed by atoms with Crippen LogP contribution in [0, 0.1) is 11.8 Å². The van der Waals surface area contributed by atoms with Crippen molar-refractivity contribution in [3.8, 4) is 0 Å². The molecule has 3 aliphatic rings. The zero-order valence-corrected chi connectivity index (χ0v) is 42.8. The molecule has 1 aromatic carbocycles. The number of H-pyrrole nitrogens is 1. The number of hydrogen-bond acceptors (Lipinski definition) is 14. The van der Waals surface area contributed by atoms with Gasteiger partial charge in [0.05, 0.1) is 25.9 Å². The van der Waals surface area contributed by atoms with Crippen LogP contribution in [0.2, 0.25) is 0 Å². The van der Waals surface area contributed by atoms with Crippen LogP contribution < -0.4 is 48.3 Å². The highest BCUT2D eigenvalue weighted by atomic mass is 16.3. The zero-order chi connectivity index (χ0) is 55.3. The summed E-state index contributed by atoms with van der Waals surface area (Å²) in [6.45, 7) is 5.24. The number of aliphatic hydroxyl groups excluding tert-OH is 3. The number of nitrogens with one attached hydrogen (secondary N) is 9. The van der Waals surface area contributed by atoms with Crippen LogP contribution in [0.15, 0.2) is 30.5 Å². The molecule has 0 bridgehead atoms. The quantitative estimate of drug-likeness (QED) is 0.101. The first-order valence-electron chi connectivity index (χ1n) is 25.3. The molecule has 26 nitrogen and oxygen atoms in total. The molecule has 1 aromatic heterocycles. The first kappa shape index (κ1) is 58.7. The molecule has 0 aliphatic carbocycles. The van der Waals surface area contributed by atoms with Crippen LogP contribution in [-0.4, -0.2) is 188 Å². The lowest BCUT2D eigenvalue weighted by atomic mass is 9.96. The van der Waals surface area contributed by atoms with Crippen molar-refractivity contribution in [1.29, 1.82) is 0 Å². The van der Waals surface area contributed by atoms with E-state index in [1.807, 2.05) is 0 Å². The fraction of sp³-hybridized carbons (Fsp3) is 0.612. The average Bonchev–Trinajstić information content (AvgIpc) is 4.17. The summed E-state index contributed by atoms with van der Waals surface area (Å²) in [5.74, 6) is -11.1. The standard InChI is InChI=1S/C49H72N12O14/c1-6-25(4)39-46(72)55-31(19-27-20-51-29-12-8-7-11-28(27)29)41(67)52-21-37(66)53-33(23-63)48(74)60-17-9-13-34(60)44(70)57-38(24(2)3)49(75)61-18-10-14-35(61)45(71)59-40(26(5)64)47(73)56-32(22-62)43(69)54-30(42(68)58-39)15-16-36(50)65/h7-8,11-12,20,24-26,30-35,38-40,51,62-64H,6,9-10,13-19,21-23H2,1-5H3,(H2,50,65)(H,52,67)(H,53,66)(H,54,69)(H,55,72)(H,56,73)(H,57,70)(H,58,68)(H,59,71)/t25-,26+,30-,31-,32-,33-,34-,35-,38-,39-,40-/m0/s1. The van der Waals surface area contributed by atoms with Crippen LogP contribution in [0.4, 0.5) is 0 Å². The highest BCUT2D eigenvalue weighted by Gasteiger charge is 2.44. The van der Waals surface area contributed by atoms with Crippen molar-refractivity contribution in [2.75, 3.05) is 32.8 Å². The number of nitrogens with two attached hydrogens (primary N) is 1. The van der Waals surface area contributed by atoms with Crippen molar-refractivity contribution in [2.45, 2.75) is 146 Å². The second-order valence-electron chi connectivity index (χ2n) is 19.7. The molecular formula is C49H72N12O14. The number of aromatic nitrogens is 1. The molecule has 11 atom stereocenters. The Bertz CT molecular complexity index is 2450. The highest BCUT2D eigenvalue weighted by Crippen LogP contribution is 2.24. The number of carbonyl (C=O) groups is 11. The lowest BCUT2D eigenvalue weighted by Gasteiger charge is -2.33. The van der Waals surface area contributed by atoms with Gasteiger partial charge in [-0.3, -0.25) is 52.7 Å². The summed E-state index contributed by atoms with van der Waals surface area (Å²) >= 11 is 0. The monoisotopic (exact) mass is 1050 g/mol. The fourth-order valence-corrected chi connectivity index (χ4v) is 9.35. The maximum Gasteiger partial charge on any atom is 0.248 e. The average molecular weight is 1050 g/mol. The summed E-state index contributed by atoms with van der Waals surface area (Å²) in [7, 11) is 0. The first-order chi connectivity index (χ1) is 35.6. The number of aliphatic hydroxyl groups is 3. The van der Waals surface area contributed by atoms with Gasteiger partial charge in [0.2, 0.25) is 65.0 Å². The van der Waals surface area contributed by atoms with Crippen molar-refractivity contribution in [3.63, 3.8) is 0 Å². The number of benzene rings is 1. The van der Waals surface area contributed by atoms with Crippen LogP contribution in [0.5, 0.6) is 0 Å². The topological polar surface area (TPSA) is 393 Å². The van der Waals surface area contributed by atoms with Gasteiger partial charge in [0.1, 0.15) is 54.4 Å². The van der Waals surface area contributed by atoms with Crippen LogP contribution >= 0.6 is 0 Å². The van der Waals surface area contributed by atoms with Gasteiger partial charge in [0, 0.05) is 43.0 Å². The normalized spacial score (nSPS) is 27.7. The number of aromatic amines is 1. The molecule has 26 heteroatoms. The molecule has 3 fully saturated rings. The number of fused-ring (bicyclic) bond motifs is 3. The predicted molar refractivity (Wildman–Crippen MR) is 267 cm³/mol. The Balaban J connectivity index is 1.51. The second kappa shape index (κ2) is 26.9. The van der Waals surface area contributed by atoms with Crippen molar-refractivity contribution < 1.29 is 68.1 Å². The maximum absolute atomic E-state index is 14.4. The van der Waals surface area contributed by atoms with Gasteiger partial charge in [0.15, 0.2) is 0 Å². The molecule has 2 aromatic rings. The summed E-state index contributed by atoms with van der Waals surface area (Å²) < 4.78 is 0. The summed E-state index contributed by atoms with van der Waals surface area (Å²) in [5.41, 5.74) is 6.70. The molecule has 14 N–H and O–H groups in total. The number of primary amides is 1. The van der Waals surface area contributed by atoms with E-state index in [0.717, 1.165) is 0 Å². The highest BCUT2D eigenvalue weighted by molar-refractivity contribution is 6.00. The third-order valence-corrected chi connectivity index (χ3v) is 13.9.